The number of amides is 4. The highest BCUT2D eigenvalue weighted by Gasteiger charge is 2.45. The number of benzene rings is 2. The van der Waals surface area contributed by atoms with Gasteiger partial charge in [0.15, 0.2) is 5.76 Å². The Morgan fingerprint density at radius 1 is 0.714 bits per heavy atom. The van der Waals surface area contributed by atoms with Crippen LogP contribution in [0.3, 0.4) is 0 Å². The molecule has 0 spiro atoms. The molecule has 49 heavy (non-hydrogen) atoms. The number of hydrogen-bond acceptors (Lipinski definition) is 8. The maximum Gasteiger partial charge on any atom is 0.247 e. The molecule has 4 saturated heterocycles. The molecule has 4 aliphatic heterocycles. The van der Waals surface area contributed by atoms with Crippen LogP contribution >= 0.6 is 0 Å². The second-order valence-corrected chi connectivity index (χ2v) is 14.2. The van der Waals surface area contributed by atoms with Crippen molar-refractivity contribution in [3.63, 3.8) is 0 Å². The number of aromatic nitrogens is 1. The molecule has 0 bridgehead atoms. The quantitative estimate of drug-likeness (QED) is 0.280. The van der Waals surface area contributed by atoms with Crippen molar-refractivity contribution in [1.82, 2.24) is 25.4 Å². The summed E-state index contributed by atoms with van der Waals surface area (Å²) in [7, 11) is 0. The molecule has 2 unspecified atom stereocenters. The Kier molecular flexibility index (Phi) is 9.01. The van der Waals surface area contributed by atoms with Crippen molar-refractivity contribution >= 4 is 35.0 Å². The van der Waals surface area contributed by atoms with Gasteiger partial charge in [0, 0.05) is 35.6 Å². The minimum atomic E-state index is -0.595. The highest BCUT2D eigenvalue weighted by Crippen LogP contribution is 2.31. The second kappa shape index (κ2) is 13.4. The van der Waals surface area contributed by atoms with Crippen molar-refractivity contribution in [2.24, 2.45) is 0 Å². The van der Waals surface area contributed by atoms with E-state index < -0.39 is 23.2 Å². The van der Waals surface area contributed by atoms with Gasteiger partial charge >= 0.3 is 0 Å². The topological polar surface area (TPSA) is 149 Å². The van der Waals surface area contributed by atoms with Crippen molar-refractivity contribution in [2.45, 2.75) is 88.4 Å². The van der Waals surface area contributed by atoms with Crippen LogP contribution in [0.15, 0.2) is 59.1 Å². The smallest absolute Gasteiger partial charge is 0.247 e. The van der Waals surface area contributed by atoms with Crippen LogP contribution in [0, 0.1) is 0 Å². The lowest BCUT2D eigenvalue weighted by atomic mass is 9.98. The van der Waals surface area contributed by atoms with E-state index in [-0.39, 0.29) is 23.6 Å². The average molecular weight is 668 g/mol. The summed E-state index contributed by atoms with van der Waals surface area (Å²) in [6.07, 6.45) is 8.06. The Morgan fingerprint density at radius 3 is 1.63 bits per heavy atom. The van der Waals surface area contributed by atoms with Gasteiger partial charge in [0.25, 0.3) is 0 Å². The van der Waals surface area contributed by atoms with Crippen molar-refractivity contribution in [3.8, 4) is 22.8 Å². The molecule has 4 N–H and O–H groups in total. The van der Waals surface area contributed by atoms with E-state index in [4.69, 9.17) is 4.42 Å². The van der Waals surface area contributed by atoms with E-state index >= 15 is 0 Å². The Bertz CT molecular complexity index is 1580. The monoisotopic (exact) mass is 667 g/mol. The van der Waals surface area contributed by atoms with E-state index in [1.807, 2.05) is 50.2 Å². The molecule has 0 aliphatic carbocycles. The molecule has 7 rings (SSSR count). The highest BCUT2D eigenvalue weighted by molar-refractivity contribution is 6.00. The molecule has 4 fully saturated rings. The molecule has 4 aliphatic rings. The van der Waals surface area contributed by atoms with E-state index in [2.05, 4.69) is 26.3 Å². The van der Waals surface area contributed by atoms with Crippen LogP contribution in [-0.2, 0) is 19.2 Å². The zero-order valence-corrected chi connectivity index (χ0v) is 28.2. The van der Waals surface area contributed by atoms with Gasteiger partial charge in [0.2, 0.25) is 29.5 Å². The van der Waals surface area contributed by atoms with E-state index in [9.17, 15) is 19.2 Å². The van der Waals surface area contributed by atoms with Gasteiger partial charge < -0.3 is 35.5 Å². The number of carbonyl (C=O) groups is 4. The van der Waals surface area contributed by atoms with Crippen molar-refractivity contribution < 1.29 is 23.6 Å². The summed E-state index contributed by atoms with van der Waals surface area (Å²) in [6.45, 7) is 6.69. The summed E-state index contributed by atoms with van der Waals surface area (Å²) >= 11 is 0. The molecule has 12 nitrogen and oxygen atoms in total. The lowest BCUT2D eigenvalue weighted by Gasteiger charge is -2.32. The first-order chi connectivity index (χ1) is 23.6. The number of oxazole rings is 1. The Balaban J connectivity index is 0.946. The first-order valence-corrected chi connectivity index (χ1v) is 17.5. The number of carbonyl (C=O) groups excluding carboxylic acids is 4. The highest BCUT2D eigenvalue weighted by atomic mass is 16.4. The summed E-state index contributed by atoms with van der Waals surface area (Å²) in [5, 5.41) is 12.6. The van der Waals surface area contributed by atoms with Gasteiger partial charge in [-0.05, 0) is 127 Å². The summed E-state index contributed by atoms with van der Waals surface area (Å²) in [5.74, 6) is 0.675. The standard InChI is InChI=1S/C37H45N7O5/c1-36(17-5-19-39-36)34(47)43-21-3-7-28(43)31(45)41-26-13-9-24(10-14-26)30-23-38-33(49-30)25-11-15-27(16-12-25)42-32(46)29-8-4-22-44(29)35(48)37(2)18-6-20-40-37/h9-16,23,28-29,39-40H,3-8,17-22H2,1-2H3,(H,41,45)(H,42,46)/t28-,29-,36?,37?/m0/s1. The van der Waals surface area contributed by atoms with Crippen LogP contribution in [0.25, 0.3) is 22.8 Å². The molecule has 0 radical (unpaired) electrons. The second-order valence-electron chi connectivity index (χ2n) is 14.2. The van der Waals surface area contributed by atoms with Crippen LogP contribution in [0.1, 0.15) is 65.2 Å². The minimum absolute atomic E-state index is 0.00687. The van der Waals surface area contributed by atoms with E-state index in [1.165, 1.54) is 0 Å². The fraction of sp³-hybridized carbons (Fsp3) is 0.486. The van der Waals surface area contributed by atoms with Crippen LogP contribution in [0.2, 0.25) is 0 Å². The molecule has 258 valence electrons. The average Bonchev–Trinajstić information content (AvgIpc) is 3.95. The van der Waals surface area contributed by atoms with Crippen LogP contribution in [0.4, 0.5) is 11.4 Å². The third kappa shape index (κ3) is 6.59. The maximum absolute atomic E-state index is 13.3. The summed E-state index contributed by atoms with van der Waals surface area (Å²) in [6, 6.07) is 13.7. The zero-order chi connectivity index (χ0) is 34.2. The van der Waals surface area contributed by atoms with Crippen LogP contribution in [-0.4, -0.2) is 87.8 Å². The molecule has 4 atom stereocenters. The van der Waals surface area contributed by atoms with Crippen LogP contribution in [0.5, 0.6) is 0 Å². The van der Waals surface area contributed by atoms with E-state index in [1.54, 1.807) is 28.1 Å². The Labute approximate surface area is 286 Å². The Morgan fingerprint density at radius 2 is 1.18 bits per heavy atom. The van der Waals surface area contributed by atoms with Crippen LogP contribution < -0.4 is 21.3 Å². The third-order valence-corrected chi connectivity index (χ3v) is 10.7. The minimum Gasteiger partial charge on any atom is -0.436 e. The van der Waals surface area contributed by atoms with Crippen molar-refractivity contribution in [2.75, 3.05) is 36.8 Å². The number of hydrogen-bond donors (Lipinski definition) is 4. The normalized spacial score (nSPS) is 26.7. The maximum atomic E-state index is 13.3. The molecule has 2 aromatic carbocycles. The van der Waals surface area contributed by atoms with Gasteiger partial charge in [-0.1, -0.05) is 0 Å². The third-order valence-electron chi connectivity index (χ3n) is 10.7. The molecule has 4 amide bonds. The summed E-state index contributed by atoms with van der Waals surface area (Å²) in [4.78, 5) is 60.9. The number of anilines is 2. The summed E-state index contributed by atoms with van der Waals surface area (Å²) < 4.78 is 6.07. The first-order valence-electron chi connectivity index (χ1n) is 17.5. The lowest BCUT2D eigenvalue weighted by molar-refractivity contribution is -0.141. The van der Waals surface area contributed by atoms with Gasteiger partial charge in [0.05, 0.1) is 17.3 Å². The lowest BCUT2D eigenvalue weighted by Crippen LogP contribution is -2.56. The largest absolute Gasteiger partial charge is 0.436 e. The van der Waals surface area contributed by atoms with Gasteiger partial charge in [-0.15, -0.1) is 0 Å². The van der Waals surface area contributed by atoms with Crippen molar-refractivity contribution in [3.05, 3.63) is 54.7 Å². The molecule has 0 saturated carbocycles. The predicted octanol–water partition coefficient (Wildman–Crippen LogP) is 4.15. The molecule has 5 heterocycles. The number of likely N-dealkylation sites (tertiary alicyclic amines) is 2. The zero-order valence-electron chi connectivity index (χ0n) is 28.2. The van der Waals surface area contributed by atoms with E-state index in [0.717, 1.165) is 62.7 Å². The number of nitrogens with zero attached hydrogens (tertiary/aromatic N) is 3. The summed E-state index contributed by atoms with van der Waals surface area (Å²) in [5.41, 5.74) is 1.65. The fourth-order valence-corrected chi connectivity index (χ4v) is 7.76. The molecule has 3 aromatic rings. The molecule has 1 aromatic heterocycles. The molecule has 12 heteroatoms. The fourth-order valence-electron chi connectivity index (χ4n) is 7.76. The van der Waals surface area contributed by atoms with E-state index in [0.29, 0.717) is 49.0 Å². The predicted molar refractivity (Wildman–Crippen MR) is 185 cm³/mol. The van der Waals surface area contributed by atoms with Gasteiger partial charge in [-0.25, -0.2) is 4.98 Å². The SMILES string of the molecule is CC1(C(=O)N2CCC[C@H]2C(=O)Nc2ccc(-c3cnc(-c4ccc(NC(=O)[C@@H]5CCCN5C(=O)C5(C)CCCN5)cc4)o3)cc2)CCCN1. The number of nitrogens with one attached hydrogen (secondary N) is 4. The first kappa shape index (κ1) is 33.0. The number of rotatable bonds is 8. The van der Waals surface area contributed by atoms with Crippen molar-refractivity contribution in [1.29, 1.82) is 0 Å². The molecular weight excluding hydrogens is 622 g/mol. The molecular formula is C37H45N7O5. The van der Waals surface area contributed by atoms with Gasteiger partial charge in [0.1, 0.15) is 12.1 Å². The van der Waals surface area contributed by atoms with Gasteiger partial charge in [-0.2, -0.15) is 0 Å². The Hall–Kier alpha value is -4.55. The van der Waals surface area contributed by atoms with Gasteiger partial charge in [-0.3, -0.25) is 19.2 Å².